The van der Waals surface area contributed by atoms with E-state index in [4.69, 9.17) is 4.74 Å². The largest absolute Gasteiger partial charge is 0.497 e. The van der Waals surface area contributed by atoms with Crippen LogP contribution in [-0.2, 0) is 28.7 Å². The van der Waals surface area contributed by atoms with E-state index in [1.165, 1.54) is 18.2 Å². The number of nitrogens with zero attached hydrogens (tertiary/aromatic N) is 3. The zero-order valence-electron chi connectivity index (χ0n) is 21.7. The molecule has 2 amide bonds. The summed E-state index contributed by atoms with van der Waals surface area (Å²) in [5.74, 6) is 0.0633. The number of anilines is 1. The molecular formula is C28H26F3N5O3S. The summed E-state index contributed by atoms with van der Waals surface area (Å²) in [7, 11) is 1.57. The van der Waals surface area contributed by atoms with Crippen LogP contribution in [0.25, 0.3) is 5.69 Å². The molecule has 0 radical (unpaired) electrons. The van der Waals surface area contributed by atoms with E-state index < -0.39 is 17.6 Å². The van der Waals surface area contributed by atoms with Crippen molar-refractivity contribution in [1.29, 1.82) is 0 Å². The molecule has 3 aromatic carbocycles. The predicted molar refractivity (Wildman–Crippen MR) is 145 cm³/mol. The van der Waals surface area contributed by atoms with Crippen LogP contribution in [0.1, 0.15) is 22.5 Å². The van der Waals surface area contributed by atoms with Crippen molar-refractivity contribution in [2.24, 2.45) is 0 Å². The molecule has 0 atom stereocenters. The summed E-state index contributed by atoms with van der Waals surface area (Å²) in [6.07, 6.45) is -4.45. The highest BCUT2D eigenvalue weighted by Gasteiger charge is 2.33. The zero-order valence-corrected chi connectivity index (χ0v) is 22.5. The number of methoxy groups -OCH3 is 1. The zero-order chi connectivity index (χ0) is 28.7. The van der Waals surface area contributed by atoms with Crippen LogP contribution in [0.15, 0.2) is 78.0 Å². The third kappa shape index (κ3) is 7.41. The van der Waals surface area contributed by atoms with Gasteiger partial charge in [0.1, 0.15) is 5.75 Å². The number of thioether (sulfide) groups is 1. The van der Waals surface area contributed by atoms with Crippen molar-refractivity contribution >= 4 is 29.3 Å². The Morgan fingerprint density at radius 3 is 2.42 bits per heavy atom. The number of alkyl halides is 3. The number of rotatable bonds is 10. The highest BCUT2D eigenvalue weighted by Crippen LogP contribution is 2.34. The van der Waals surface area contributed by atoms with Gasteiger partial charge in [-0.2, -0.15) is 13.2 Å². The molecule has 0 saturated heterocycles. The lowest BCUT2D eigenvalue weighted by Crippen LogP contribution is -2.26. The molecule has 0 aliphatic heterocycles. The Bertz CT molecular complexity index is 1490. The van der Waals surface area contributed by atoms with E-state index in [-0.39, 0.29) is 30.3 Å². The number of nitrogens with one attached hydrogen (secondary N) is 2. The lowest BCUT2D eigenvalue weighted by Gasteiger charge is -2.14. The fraction of sp³-hybridized carbons (Fsp3) is 0.214. The third-order valence-corrected chi connectivity index (χ3v) is 6.70. The minimum Gasteiger partial charge on any atom is -0.497 e. The molecule has 0 fully saturated rings. The molecule has 0 aliphatic rings. The Balaban J connectivity index is 1.47. The number of carbonyl (C=O) groups excluding carboxylic acids is 2. The number of carbonyl (C=O) groups is 2. The van der Waals surface area contributed by atoms with Gasteiger partial charge in [0.25, 0.3) is 0 Å². The quantitative estimate of drug-likeness (QED) is 0.255. The van der Waals surface area contributed by atoms with E-state index in [1.807, 2.05) is 31.2 Å². The molecule has 0 unspecified atom stereocenters. The molecule has 2 N–H and O–H groups in total. The molecule has 12 heteroatoms. The van der Waals surface area contributed by atoms with Crippen LogP contribution < -0.4 is 15.4 Å². The molecule has 0 saturated carbocycles. The first-order valence-corrected chi connectivity index (χ1v) is 13.1. The van der Waals surface area contributed by atoms with Crippen molar-refractivity contribution in [2.75, 3.05) is 18.2 Å². The first-order valence-electron chi connectivity index (χ1n) is 12.1. The molecule has 0 aliphatic carbocycles. The monoisotopic (exact) mass is 569 g/mol. The molecule has 4 rings (SSSR count). The lowest BCUT2D eigenvalue weighted by atomic mass is 10.1. The molecule has 1 heterocycles. The van der Waals surface area contributed by atoms with Gasteiger partial charge in [-0.05, 0) is 54.4 Å². The maximum Gasteiger partial charge on any atom is 0.418 e. The average molecular weight is 570 g/mol. The van der Waals surface area contributed by atoms with Crippen LogP contribution in [0, 0.1) is 6.92 Å². The van der Waals surface area contributed by atoms with Crippen LogP contribution in [-0.4, -0.2) is 39.4 Å². The molecular weight excluding hydrogens is 543 g/mol. The van der Waals surface area contributed by atoms with E-state index in [0.717, 1.165) is 34.6 Å². The summed E-state index contributed by atoms with van der Waals surface area (Å²) in [6, 6.07) is 19.5. The predicted octanol–water partition coefficient (Wildman–Crippen LogP) is 5.19. The van der Waals surface area contributed by atoms with Gasteiger partial charge in [0.05, 0.1) is 37.1 Å². The van der Waals surface area contributed by atoms with Crippen molar-refractivity contribution in [3.63, 3.8) is 0 Å². The van der Waals surface area contributed by atoms with E-state index in [9.17, 15) is 22.8 Å². The minimum atomic E-state index is -4.60. The molecule has 40 heavy (non-hydrogen) atoms. The van der Waals surface area contributed by atoms with Crippen LogP contribution in [0.5, 0.6) is 5.75 Å². The van der Waals surface area contributed by atoms with E-state index in [2.05, 4.69) is 20.8 Å². The fourth-order valence-electron chi connectivity index (χ4n) is 3.86. The first-order chi connectivity index (χ1) is 19.1. The Morgan fingerprint density at radius 2 is 1.73 bits per heavy atom. The van der Waals surface area contributed by atoms with Crippen molar-refractivity contribution in [3.8, 4) is 11.4 Å². The van der Waals surface area contributed by atoms with E-state index in [0.29, 0.717) is 16.7 Å². The molecule has 8 nitrogen and oxygen atoms in total. The second kappa shape index (κ2) is 12.7. The maximum absolute atomic E-state index is 13.3. The third-order valence-electron chi connectivity index (χ3n) is 5.77. The van der Waals surface area contributed by atoms with Gasteiger partial charge in [-0.25, -0.2) is 0 Å². The van der Waals surface area contributed by atoms with Crippen molar-refractivity contribution in [3.05, 3.63) is 95.3 Å². The second-order valence-corrected chi connectivity index (χ2v) is 9.70. The van der Waals surface area contributed by atoms with Crippen LogP contribution in [0.4, 0.5) is 18.9 Å². The molecule has 0 spiro atoms. The van der Waals surface area contributed by atoms with Crippen molar-refractivity contribution in [1.82, 2.24) is 20.1 Å². The molecule has 0 bridgehead atoms. The standard InChI is InChI=1S/C28H26F3N5O3S/c1-18-6-5-7-20(14-18)36-24(16-32-25(37)15-19-10-12-21(39-2)13-11-19)34-35-27(36)40-17-26(38)33-23-9-4-3-8-22(23)28(29,30)31/h3-14H,15-17H2,1-2H3,(H,32,37)(H,33,38). The van der Waals surface area contributed by atoms with E-state index >= 15 is 0 Å². The number of hydrogen-bond donors (Lipinski definition) is 2. The molecule has 1 aromatic heterocycles. The van der Waals surface area contributed by atoms with Crippen LogP contribution >= 0.6 is 11.8 Å². The van der Waals surface area contributed by atoms with Gasteiger partial charge in [-0.1, -0.05) is 48.2 Å². The van der Waals surface area contributed by atoms with Crippen molar-refractivity contribution < 1.29 is 27.5 Å². The van der Waals surface area contributed by atoms with Crippen molar-refractivity contribution in [2.45, 2.75) is 31.2 Å². The van der Waals surface area contributed by atoms with Gasteiger partial charge >= 0.3 is 6.18 Å². The maximum atomic E-state index is 13.3. The van der Waals surface area contributed by atoms with Gasteiger partial charge in [-0.15, -0.1) is 10.2 Å². The number of hydrogen-bond acceptors (Lipinski definition) is 6. The lowest BCUT2D eigenvalue weighted by molar-refractivity contribution is -0.137. The number of aromatic nitrogens is 3. The molecule has 208 valence electrons. The Kier molecular flexibility index (Phi) is 9.10. The Hall–Kier alpha value is -4.32. The van der Waals surface area contributed by atoms with Gasteiger partial charge in [0.2, 0.25) is 11.8 Å². The smallest absolute Gasteiger partial charge is 0.418 e. The highest BCUT2D eigenvalue weighted by molar-refractivity contribution is 7.99. The van der Waals surface area contributed by atoms with E-state index in [1.54, 1.807) is 35.9 Å². The summed E-state index contributed by atoms with van der Waals surface area (Å²) in [5.41, 5.74) is 1.26. The molecule has 4 aromatic rings. The van der Waals surface area contributed by atoms with Crippen LogP contribution in [0.3, 0.4) is 0 Å². The SMILES string of the molecule is COc1ccc(CC(=O)NCc2nnc(SCC(=O)Nc3ccccc3C(F)(F)F)n2-c2cccc(C)c2)cc1. The van der Waals surface area contributed by atoms with Gasteiger partial charge in [0, 0.05) is 5.69 Å². The Morgan fingerprint density at radius 1 is 0.975 bits per heavy atom. The topological polar surface area (TPSA) is 98.1 Å². The summed E-state index contributed by atoms with van der Waals surface area (Å²) in [5, 5.41) is 13.9. The summed E-state index contributed by atoms with van der Waals surface area (Å²) in [6.45, 7) is 1.99. The van der Waals surface area contributed by atoms with Gasteiger partial charge in [0.15, 0.2) is 11.0 Å². The average Bonchev–Trinajstić information content (AvgIpc) is 3.34. The number of aryl methyl sites for hydroxylation is 1. The van der Waals surface area contributed by atoms with Gasteiger partial charge in [-0.3, -0.25) is 14.2 Å². The van der Waals surface area contributed by atoms with Crippen LogP contribution in [0.2, 0.25) is 0 Å². The highest BCUT2D eigenvalue weighted by atomic mass is 32.2. The normalized spacial score (nSPS) is 11.2. The minimum absolute atomic E-state index is 0.0711. The summed E-state index contributed by atoms with van der Waals surface area (Å²) < 4.78 is 46.7. The number of halogens is 3. The second-order valence-electron chi connectivity index (χ2n) is 8.75. The number of para-hydroxylation sites is 1. The number of ether oxygens (including phenoxy) is 1. The Labute approximate surface area is 233 Å². The number of amides is 2. The van der Waals surface area contributed by atoms with Gasteiger partial charge < -0.3 is 15.4 Å². The first kappa shape index (κ1) is 28.7. The summed E-state index contributed by atoms with van der Waals surface area (Å²) in [4.78, 5) is 25.2. The fourth-order valence-corrected chi connectivity index (χ4v) is 4.63. The summed E-state index contributed by atoms with van der Waals surface area (Å²) >= 11 is 1.02. The number of benzene rings is 3.